The SMILES string of the molecule is Cc1cc(C(=O)O[C@@H](C)C(=O)NC2(C#N)CCCCC2)c(C)o1. The van der Waals surface area contributed by atoms with E-state index in [1.165, 1.54) is 6.92 Å². The maximum Gasteiger partial charge on any atom is 0.342 e. The van der Waals surface area contributed by atoms with Crippen LogP contribution >= 0.6 is 0 Å². The van der Waals surface area contributed by atoms with Crippen LogP contribution in [-0.4, -0.2) is 23.5 Å². The summed E-state index contributed by atoms with van der Waals surface area (Å²) in [7, 11) is 0. The van der Waals surface area contributed by atoms with Crippen LogP contribution in [0.15, 0.2) is 10.5 Å². The molecule has 0 saturated heterocycles. The monoisotopic (exact) mass is 318 g/mol. The topological polar surface area (TPSA) is 92.3 Å². The summed E-state index contributed by atoms with van der Waals surface area (Å²) in [4.78, 5) is 24.4. The van der Waals surface area contributed by atoms with E-state index in [4.69, 9.17) is 9.15 Å². The number of nitrogens with zero attached hydrogens (tertiary/aromatic N) is 1. The molecule has 0 bridgehead atoms. The average molecular weight is 318 g/mol. The van der Waals surface area contributed by atoms with Crippen molar-refractivity contribution in [3.05, 3.63) is 23.2 Å². The molecule has 1 aliphatic carbocycles. The summed E-state index contributed by atoms with van der Waals surface area (Å²) < 4.78 is 10.5. The Kier molecular flexibility index (Phi) is 5.09. The quantitative estimate of drug-likeness (QED) is 0.862. The number of hydrogen-bond donors (Lipinski definition) is 1. The van der Waals surface area contributed by atoms with Gasteiger partial charge in [0.2, 0.25) is 0 Å². The molecule has 1 atom stereocenters. The summed E-state index contributed by atoms with van der Waals surface area (Å²) >= 11 is 0. The molecule has 0 aromatic carbocycles. The number of hydrogen-bond acceptors (Lipinski definition) is 5. The molecule has 6 nitrogen and oxygen atoms in total. The molecule has 23 heavy (non-hydrogen) atoms. The summed E-state index contributed by atoms with van der Waals surface area (Å²) in [6.45, 7) is 4.91. The molecule has 124 valence electrons. The van der Waals surface area contributed by atoms with Gasteiger partial charge in [0.25, 0.3) is 5.91 Å². The largest absolute Gasteiger partial charge is 0.466 e. The molecule has 1 saturated carbocycles. The Balaban J connectivity index is 1.98. The van der Waals surface area contributed by atoms with Gasteiger partial charge in [0.05, 0.1) is 6.07 Å². The van der Waals surface area contributed by atoms with Crippen molar-refractivity contribution in [1.82, 2.24) is 5.32 Å². The smallest absolute Gasteiger partial charge is 0.342 e. The zero-order chi connectivity index (χ0) is 17.0. The number of ether oxygens (including phenoxy) is 1. The first-order chi connectivity index (χ1) is 10.9. The van der Waals surface area contributed by atoms with Gasteiger partial charge in [0.1, 0.15) is 22.6 Å². The number of amides is 1. The third kappa shape index (κ3) is 3.92. The molecule has 2 rings (SSSR count). The van der Waals surface area contributed by atoms with Crippen LogP contribution in [0.3, 0.4) is 0 Å². The minimum Gasteiger partial charge on any atom is -0.466 e. The lowest BCUT2D eigenvalue weighted by Gasteiger charge is -2.32. The second-order valence-electron chi connectivity index (χ2n) is 6.12. The summed E-state index contributed by atoms with van der Waals surface area (Å²) in [5, 5.41) is 12.1. The number of esters is 1. The van der Waals surface area contributed by atoms with Crippen LogP contribution in [0.25, 0.3) is 0 Å². The first kappa shape index (κ1) is 17.1. The standard InChI is InChI=1S/C17H22N2O4/c1-11-9-14(12(2)22-11)16(21)23-13(3)15(20)19-17(10-18)7-5-4-6-8-17/h9,13H,4-8H2,1-3H3,(H,19,20)/t13-/m0/s1. The zero-order valence-electron chi connectivity index (χ0n) is 13.8. The summed E-state index contributed by atoms with van der Waals surface area (Å²) in [5.74, 6) is 0.0226. The van der Waals surface area contributed by atoms with E-state index in [1.54, 1.807) is 19.9 Å². The second kappa shape index (κ2) is 6.86. The van der Waals surface area contributed by atoms with Gasteiger partial charge in [-0.25, -0.2) is 4.79 Å². The molecule has 1 aromatic heterocycles. The lowest BCUT2D eigenvalue weighted by Crippen LogP contribution is -2.52. The average Bonchev–Trinajstić information content (AvgIpc) is 2.86. The molecule has 0 aliphatic heterocycles. The van der Waals surface area contributed by atoms with Crippen LogP contribution in [0.4, 0.5) is 0 Å². The van der Waals surface area contributed by atoms with E-state index >= 15 is 0 Å². The van der Waals surface area contributed by atoms with Crippen LogP contribution in [0.1, 0.15) is 60.9 Å². The van der Waals surface area contributed by atoms with Crippen LogP contribution < -0.4 is 5.32 Å². The van der Waals surface area contributed by atoms with E-state index < -0.39 is 23.5 Å². The van der Waals surface area contributed by atoms with Crippen molar-refractivity contribution in [3.63, 3.8) is 0 Å². The van der Waals surface area contributed by atoms with Crippen molar-refractivity contribution in [2.45, 2.75) is 64.5 Å². The molecule has 1 heterocycles. The first-order valence-electron chi connectivity index (χ1n) is 7.88. The van der Waals surface area contributed by atoms with E-state index in [0.717, 1.165) is 19.3 Å². The van der Waals surface area contributed by atoms with Crippen molar-refractivity contribution in [2.75, 3.05) is 0 Å². The van der Waals surface area contributed by atoms with Crippen molar-refractivity contribution >= 4 is 11.9 Å². The number of carbonyl (C=O) groups excluding carboxylic acids is 2. The van der Waals surface area contributed by atoms with Gasteiger partial charge in [-0.05, 0) is 39.7 Å². The summed E-state index contributed by atoms with van der Waals surface area (Å²) in [6, 6.07) is 3.80. The Hall–Kier alpha value is -2.29. The predicted molar refractivity (Wildman–Crippen MR) is 82.6 cm³/mol. The van der Waals surface area contributed by atoms with Crippen molar-refractivity contribution in [2.24, 2.45) is 0 Å². The molecular formula is C17H22N2O4. The Morgan fingerprint density at radius 1 is 1.35 bits per heavy atom. The molecule has 0 radical (unpaired) electrons. The minimum atomic E-state index is -0.968. The molecule has 1 amide bonds. The number of carbonyl (C=O) groups is 2. The van der Waals surface area contributed by atoms with Crippen molar-refractivity contribution in [3.8, 4) is 6.07 Å². The number of rotatable bonds is 4. The normalized spacial score (nSPS) is 17.8. The van der Waals surface area contributed by atoms with Gasteiger partial charge < -0.3 is 14.5 Å². The summed E-state index contributed by atoms with van der Waals surface area (Å²) in [6.07, 6.45) is 3.20. The third-order valence-corrected chi connectivity index (χ3v) is 4.20. The molecule has 0 unspecified atom stereocenters. The van der Waals surface area contributed by atoms with E-state index in [9.17, 15) is 14.9 Å². The highest BCUT2D eigenvalue weighted by Gasteiger charge is 2.35. The van der Waals surface area contributed by atoms with Gasteiger partial charge in [-0.1, -0.05) is 19.3 Å². The van der Waals surface area contributed by atoms with E-state index in [-0.39, 0.29) is 0 Å². The lowest BCUT2D eigenvalue weighted by atomic mass is 9.83. The number of furan rings is 1. The van der Waals surface area contributed by atoms with Gasteiger partial charge in [-0.15, -0.1) is 0 Å². The third-order valence-electron chi connectivity index (χ3n) is 4.20. The van der Waals surface area contributed by atoms with E-state index in [0.29, 0.717) is 29.9 Å². The van der Waals surface area contributed by atoms with E-state index in [1.807, 2.05) is 0 Å². The van der Waals surface area contributed by atoms with Gasteiger partial charge in [0, 0.05) is 0 Å². The van der Waals surface area contributed by atoms with Crippen LogP contribution in [-0.2, 0) is 9.53 Å². The fourth-order valence-electron chi connectivity index (χ4n) is 2.87. The number of nitrogens with one attached hydrogen (secondary N) is 1. The maximum absolute atomic E-state index is 12.3. The Bertz CT molecular complexity index is 636. The molecule has 1 fully saturated rings. The fourth-order valence-corrected chi connectivity index (χ4v) is 2.87. The van der Waals surface area contributed by atoms with Gasteiger partial charge in [-0.2, -0.15) is 5.26 Å². The molecule has 1 N–H and O–H groups in total. The van der Waals surface area contributed by atoms with Crippen molar-refractivity contribution in [1.29, 1.82) is 5.26 Å². The Labute approximate surface area is 135 Å². The van der Waals surface area contributed by atoms with Crippen LogP contribution in [0.5, 0.6) is 0 Å². The highest BCUT2D eigenvalue weighted by Crippen LogP contribution is 2.27. The maximum atomic E-state index is 12.3. The minimum absolute atomic E-state index is 0.315. The van der Waals surface area contributed by atoms with Crippen molar-refractivity contribution < 1.29 is 18.7 Å². The van der Waals surface area contributed by atoms with Crippen LogP contribution in [0.2, 0.25) is 0 Å². The fraction of sp³-hybridized carbons (Fsp3) is 0.588. The van der Waals surface area contributed by atoms with Gasteiger partial charge in [0.15, 0.2) is 6.10 Å². The molecule has 1 aromatic rings. The Morgan fingerprint density at radius 2 is 2.00 bits per heavy atom. The number of aryl methyl sites for hydroxylation is 2. The van der Waals surface area contributed by atoms with Gasteiger partial charge in [-0.3, -0.25) is 4.79 Å². The first-order valence-corrected chi connectivity index (χ1v) is 7.88. The predicted octanol–water partition coefficient (Wildman–Crippen LogP) is 2.78. The highest BCUT2D eigenvalue weighted by atomic mass is 16.5. The molecular weight excluding hydrogens is 296 g/mol. The Morgan fingerprint density at radius 3 is 2.52 bits per heavy atom. The molecule has 0 spiro atoms. The molecule has 1 aliphatic rings. The zero-order valence-corrected chi connectivity index (χ0v) is 13.8. The van der Waals surface area contributed by atoms with E-state index in [2.05, 4.69) is 11.4 Å². The number of nitriles is 1. The van der Waals surface area contributed by atoms with Crippen LogP contribution in [0, 0.1) is 25.2 Å². The lowest BCUT2D eigenvalue weighted by molar-refractivity contribution is -0.130. The second-order valence-corrected chi connectivity index (χ2v) is 6.12. The summed E-state index contributed by atoms with van der Waals surface area (Å²) in [5.41, 5.74) is -0.521. The molecule has 6 heteroatoms. The van der Waals surface area contributed by atoms with Gasteiger partial charge >= 0.3 is 5.97 Å². The highest BCUT2D eigenvalue weighted by molar-refractivity contribution is 5.93.